The SMILES string of the molecule is Cc1ccc(C(C)N=NC(C)c2ccc(C)cc2)cc1. The number of aryl methyl sites for hydroxylation is 2. The Hall–Kier alpha value is -1.96. The fraction of sp³-hybridized carbons (Fsp3) is 0.333. The molecule has 2 heteroatoms. The molecule has 20 heavy (non-hydrogen) atoms. The number of benzene rings is 2. The average Bonchev–Trinajstić information content (AvgIpc) is 2.46. The predicted octanol–water partition coefficient (Wildman–Crippen LogP) is 5.58. The molecule has 0 radical (unpaired) electrons. The largest absolute Gasteiger partial charge is 0.186 e. The zero-order valence-corrected chi connectivity index (χ0v) is 12.7. The van der Waals surface area contributed by atoms with E-state index in [1.54, 1.807) is 0 Å². The highest BCUT2D eigenvalue weighted by Gasteiger charge is 2.06. The first-order valence-electron chi connectivity index (χ1n) is 7.09. The van der Waals surface area contributed by atoms with Crippen LogP contribution in [0.5, 0.6) is 0 Å². The summed E-state index contributed by atoms with van der Waals surface area (Å²) in [6.07, 6.45) is 0. The lowest BCUT2D eigenvalue weighted by Gasteiger charge is -2.09. The molecule has 0 bridgehead atoms. The second-order valence-corrected chi connectivity index (χ2v) is 5.40. The Bertz CT molecular complexity index is 514. The molecule has 0 aliphatic heterocycles. The van der Waals surface area contributed by atoms with Crippen molar-refractivity contribution in [1.82, 2.24) is 0 Å². The van der Waals surface area contributed by atoms with Gasteiger partial charge in [-0.3, -0.25) is 0 Å². The minimum Gasteiger partial charge on any atom is -0.186 e. The molecular weight excluding hydrogens is 244 g/mol. The van der Waals surface area contributed by atoms with Crippen LogP contribution in [0, 0.1) is 13.8 Å². The summed E-state index contributed by atoms with van der Waals surface area (Å²) >= 11 is 0. The van der Waals surface area contributed by atoms with Crippen LogP contribution in [-0.2, 0) is 0 Å². The number of hydrogen-bond donors (Lipinski definition) is 0. The molecule has 0 fully saturated rings. The van der Waals surface area contributed by atoms with Crippen molar-refractivity contribution >= 4 is 0 Å². The van der Waals surface area contributed by atoms with Gasteiger partial charge in [-0.15, -0.1) is 0 Å². The molecule has 0 spiro atoms. The number of azo groups is 1. The Labute approximate surface area is 121 Å². The fourth-order valence-electron chi connectivity index (χ4n) is 2.02. The quantitative estimate of drug-likeness (QED) is 0.645. The average molecular weight is 266 g/mol. The lowest BCUT2D eigenvalue weighted by molar-refractivity contribution is 0.661. The van der Waals surface area contributed by atoms with Crippen molar-refractivity contribution < 1.29 is 0 Å². The van der Waals surface area contributed by atoms with Crippen molar-refractivity contribution in [2.75, 3.05) is 0 Å². The predicted molar refractivity (Wildman–Crippen MR) is 84.0 cm³/mol. The van der Waals surface area contributed by atoms with Gasteiger partial charge >= 0.3 is 0 Å². The molecule has 2 atom stereocenters. The summed E-state index contributed by atoms with van der Waals surface area (Å²) in [5.74, 6) is 0. The zero-order valence-electron chi connectivity index (χ0n) is 12.7. The van der Waals surface area contributed by atoms with Gasteiger partial charge in [-0.25, -0.2) is 0 Å². The maximum absolute atomic E-state index is 4.45. The van der Waals surface area contributed by atoms with Gasteiger partial charge in [0, 0.05) is 0 Å². The highest BCUT2D eigenvalue weighted by Crippen LogP contribution is 2.22. The van der Waals surface area contributed by atoms with Crippen LogP contribution in [0.25, 0.3) is 0 Å². The number of nitrogens with zero attached hydrogens (tertiary/aromatic N) is 2. The third kappa shape index (κ3) is 3.77. The molecule has 0 aliphatic carbocycles. The molecule has 0 heterocycles. The molecule has 2 aromatic rings. The van der Waals surface area contributed by atoms with Gasteiger partial charge in [0.05, 0.1) is 12.1 Å². The minimum absolute atomic E-state index is 0.100. The number of hydrogen-bond acceptors (Lipinski definition) is 2. The molecule has 104 valence electrons. The van der Waals surface area contributed by atoms with E-state index in [1.165, 1.54) is 22.3 Å². The summed E-state index contributed by atoms with van der Waals surface area (Å²) in [7, 11) is 0. The highest BCUT2D eigenvalue weighted by atomic mass is 15.1. The van der Waals surface area contributed by atoms with Crippen LogP contribution in [0.1, 0.15) is 48.2 Å². The molecule has 2 unspecified atom stereocenters. The van der Waals surface area contributed by atoms with E-state index in [4.69, 9.17) is 0 Å². The Kier molecular flexibility index (Phi) is 4.67. The molecule has 0 aromatic heterocycles. The van der Waals surface area contributed by atoms with Gasteiger partial charge in [-0.2, -0.15) is 10.2 Å². The highest BCUT2D eigenvalue weighted by molar-refractivity contribution is 5.24. The van der Waals surface area contributed by atoms with E-state index in [-0.39, 0.29) is 12.1 Å². The fourth-order valence-corrected chi connectivity index (χ4v) is 2.02. The smallest absolute Gasteiger partial charge is 0.0929 e. The lowest BCUT2D eigenvalue weighted by Crippen LogP contribution is -1.92. The van der Waals surface area contributed by atoms with Gasteiger partial charge in [0.15, 0.2) is 0 Å². The second kappa shape index (κ2) is 6.47. The van der Waals surface area contributed by atoms with Crippen molar-refractivity contribution in [2.45, 2.75) is 39.8 Å². The molecule has 0 saturated carbocycles. The van der Waals surface area contributed by atoms with Gasteiger partial charge in [0.1, 0.15) is 0 Å². The van der Waals surface area contributed by atoms with Crippen LogP contribution in [0.3, 0.4) is 0 Å². The Morgan fingerprint density at radius 2 is 0.900 bits per heavy atom. The third-order valence-corrected chi connectivity index (χ3v) is 3.53. The molecule has 2 rings (SSSR count). The number of rotatable bonds is 4. The summed E-state index contributed by atoms with van der Waals surface area (Å²) in [4.78, 5) is 0. The van der Waals surface area contributed by atoms with Crippen LogP contribution in [0.2, 0.25) is 0 Å². The van der Waals surface area contributed by atoms with E-state index in [9.17, 15) is 0 Å². The van der Waals surface area contributed by atoms with E-state index in [0.29, 0.717) is 0 Å². The Morgan fingerprint density at radius 1 is 0.600 bits per heavy atom. The first-order chi connectivity index (χ1) is 9.56. The molecule has 0 N–H and O–H groups in total. The Balaban J connectivity index is 2.04. The van der Waals surface area contributed by atoms with E-state index in [1.807, 2.05) is 0 Å². The van der Waals surface area contributed by atoms with Gasteiger partial charge in [-0.1, -0.05) is 59.7 Å². The first-order valence-corrected chi connectivity index (χ1v) is 7.09. The monoisotopic (exact) mass is 266 g/mol. The van der Waals surface area contributed by atoms with Crippen molar-refractivity contribution in [1.29, 1.82) is 0 Å². The Morgan fingerprint density at radius 3 is 1.20 bits per heavy atom. The topological polar surface area (TPSA) is 24.7 Å². The second-order valence-electron chi connectivity index (χ2n) is 5.40. The molecule has 0 amide bonds. The standard InChI is InChI=1S/C18H22N2/c1-13-5-9-17(10-6-13)15(3)19-20-16(4)18-11-7-14(2)8-12-18/h5-12,15-16H,1-4H3. The summed E-state index contributed by atoms with van der Waals surface area (Å²) < 4.78 is 0. The third-order valence-electron chi connectivity index (χ3n) is 3.53. The van der Waals surface area contributed by atoms with Crippen LogP contribution < -0.4 is 0 Å². The van der Waals surface area contributed by atoms with E-state index < -0.39 is 0 Å². The van der Waals surface area contributed by atoms with Crippen LogP contribution >= 0.6 is 0 Å². The van der Waals surface area contributed by atoms with Crippen molar-refractivity contribution in [3.8, 4) is 0 Å². The van der Waals surface area contributed by atoms with Gasteiger partial charge in [0.2, 0.25) is 0 Å². The van der Waals surface area contributed by atoms with Crippen LogP contribution in [0.15, 0.2) is 58.8 Å². The molecular formula is C18H22N2. The van der Waals surface area contributed by atoms with Gasteiger partial charge in [0.25, 0.3) is 0 Å². The molecule has 0 aliphatic rings. The van der Waals surface area contributed by atoms with E-state index in [0.717, 1.165) is 0 Å². The molecule has 0 saturated heterocycles. The van der Waals surface area contributed by atoms with Crippen LogP contribution in [-0.4, -0.2) is 0 Å². The normalized spacial score (nSPS) is 14.4. The minimum atomic E-state index is 0.100. The maximum atomic E-state index is 4.45. The van der Waals surface area contributed by atoms with E-state index >= 15 is 0 Å². The van der Waals surface area contributed by atoms with Gasteiger partial charge in [-0.05, 0) is 38.8 Å². The first kappa shape index (κ1) is 14.4. The summed E-state index contributed by atoms with van der Waals surface area (Å²) in [6.45, 7) is 8.34. The zero-order chi connectivity index (χ0) is 14.5. The van der Waals surface area contributed by atoms with Crippen molar-refractivity contribution in [2.24, 2.45) is 10.2 Å². The molecule has 2 nitrogen and oxygen atoms in total. The van der Waals surface area contributed by atoms with Gasteiger partial charge < -0.3 is 0 Å². The van der Waals surface area contributed by atoms with Crippen LogP contribution in [0.4, 0.5) is 0 Å². The summed E-state index contributed by atoms with van der Waals surface area (Å²) in [6, 6.07) is 17.1. The summed E-state index contributed by atoms with van der Waals surface area (Å²) in [5, 5.41) is 8.90. The van der Waals surface area contributed by atoms with E-state index in [2.05, 4.69) is 86.5 Å². The van der Waals surface area contributed by atoms with Crippen molar-refractivity contribution in [3.63, 3.8) is 0 Å². The maximum Gasteiger partial charge on any atom is 0.0929 e. The molecule has 2 aromatic carbocycles. The summed E-state index contributed by atoms with van der Waals surface area (Å²) in [5.41, 5.74) is 4.95. The lowest BCUT2D eigenvalue weighted by atomic mass is 10.1. The van der Waals surface area contributed by atoms with Crippen molar-refractivity contribution in [3.05, 3.63) is 70.8 Å².